The van der Waals surface area contributed by atoms with E-state index in [4.69, 9.17) is 0 Å². The summed E-state index contributed by atoms with van der Waals surface area (Å²) in [6.07, 6.45) is 1.13. The van der Waals surface area contributed by atoms with Crippen LogP contribution in [0.3, 0.4) is 0 Å². The highest BCUT2D eigenvalue weighted by Crippen LogP contribution is 2.25. The van der Waals surface area contributed by atoms with Crippen LogP contribution in [-0.2, 0) is 6.54 Å². The minimum atomic E-state index is -0.373. The van der Waals surface area contributed by atoms with Gasteiger partial charge in [0.15, 0.2) is 0 Å². The third-order valence-electron chi connectivity index (χ3n) is 2.73. The van der Waals surface area contributed by atoms with E-state index in [9.17, 15) is 10.1 Å². The summed E-state index contributed by atoms with van der Waals surface area (Å²) in [6.45, 7) is 5.92. The van der Waals surface area contributed by atoms with Crippen LogP contribution in [-0.4, -0.2) is 11.5 Å². The lowest BCUT2D eigenvalue weighted by atomic mass is 10.1. The van der Waals surface area contributed by atoms with Gasteiger partial charge in [0.2, 0.25) is 0 Å². The third-order valence-corrected chi connectivity index (χ3v) is 3.40. The molecule has 17 heavy (non-hydrogen) atoms. The van der Waals surface area contributed by atoms with Crippen LogP contribution in [0.4, 0.5) is 5.69 Å². The normalized spacial score (nSPS) is 12.4. The summed E-state index contributed by atoms with van der Waals surface area (Å²) in [4.78, 5) is 10.4. The van der Waals surface area contributed by atoms with Crippen LogP contribution in [0.1, 0.15) is 25.8 Å². The van der Waals surface area contributed by atoms with Crippen molar-refractivity contribution >= 4 is 21.6 Å². The molecule has 0 aliphatic heterocycles. The van der Waals surface area contributed by atoms with Gasteiger partial charge in [-0.05, 0) is 40.0 Å². The zero-order valence-electron chi connectivity index (χ0n) is 10.1. The van der Waals surface area contributed by atoms with E-state index in [0.717, 1.165) is 18.5 Å². The fraction of sp³-hybridized carbons (Fsp3) is 0.500. The monoisotopic (exact) mass is 300 g/mol. The van der Waals surface area contributed by atoms with Crippen molar-refractivity contribution in [2.24, 2.45) is 5.92 Å². The van der Waals surface area contributed by atoms with Gasteiger partial charge in [0.05, 0.1) is 9.40 Å². The van der Waals surface area contributed by atoms with Gasteiger partial charge in [0, 0.05) is 12.6 Å². The van der Waals surface area contributed by atoms with Crippen molar-refractivity contribution in [3.63, 3.8) is 0 Å². The van der Waals surface area contributed by atoms with Crippen molar-refractivity contribution in [3.05, 3.63) is 38.3 Å². The quantitative estimate of drug-likeness (QED) is 0.646. The molecule has 1 rings (SSSR count). The van der Waals surface area contributed by atoms with Gasteiger partial charge >= 0.3 is 0 Å². The van der Waals surface area contributed by atoms with Crippen molar-refractivity contribution in [3.8, 4) is 0 Å². The summed E-state index contributed by atoms with van der Waals surface area (Å²) >= 11 is 3.17. The highest BCUT2D eigenvalue weighted by Gasteiger charge is 2.11. The lowest BCUT2D eigenvalue weighted by Gasteiger charge is -2.10. The van der Waals surface area contributed by atoms with Crippen molar-refractivity contribution in [1.82, 2.24) is 5.32 Å². The van der Waals surface area contributed by atoms with Crippen LogP contribution in [0.25, 0.3) is 0 Å². The SMILES string of the molecule is CCC(C)CNCc1ccc(Br)c([N+](=O)[O-])c1. The van der Waals surface area contributed by atoms with Crippen LogP contribution in [0, 0.1) is 16.0 Å². The number of nitro groups is 1. The average Bonchev–Trinajstić information content (AvgIpc) is 2.30. The van der Waals surface area contributed by atoms with Crippen LogP contribution >= 0.6 is 15.9 Å². The zero-order valence-corrected chi connectivity index (χ0v) is 11.7. The predicted octanol–water partition coefficient (Wildman–Crippen LogP) is 3.49. The minimum Gasteiger partial charge on any atom is -0.312 e. The first-order chi connectivity index (χ1) is 8.04. The van der Waals surface area contributed by atoms with Gasteiger partial charge in [-0.3, -0.25) is 10.1 Å². The largest absolute Gasteiger partial charge is 0.312 e. The van der Waals surface area contributed by atoms with E-state index in [2.05, 4.69) is 35.1 Å². The van der Waals surface area contributed by atoms with E-state index in [1.54, 1.807) is 12.1 Å². The number of hydrogen-bond donors (Lipinski definition) is 1. The van der Waals surface area contributed by atoms with Crippen molar-refractivity contribution < 1.29 is 4.92 Å². The fourth-order valence-corrected chi connectivity index (χ4v) is 1.81. The molecule has 1 atom stereocenters. The molecule has 0 bridgehead atoms. The maximum Gasteiger partial charge on any atom is 0.283 e. The molecule has 0 aliphatic rings. The van der Waals surface area contributed by atoms with Gasteiger partial charge in [-0.25, -0.2) is 0 Å². The molecule has 1 N–H and O–H groups in total. The Bertz CT molecular complexity index is 396. The highest BCUT2D eigenvalue weighted by atomic mass is 79.9. The molecule has 0 amide bonds. The maximum absolute atomic E-state index is 10.8. The standard InChI is InChI=1S/C12H17BrN2O2/c1-3-9(2)7-14-8-10-4-5-11(13)12(6-10)15(16)17/h4-6,9,14H,3,7-8H2,1-2H3. The molecular formula is C12H17BrN2O2. The summed E-state index contributed by atoms with van der Waals surface area (Å²) < 4.78 is 0.521. The summed E-state index contributed by atoms with van der Waals surface area (Å²) in [5.74, 6) is 0.625. The molecule has 0 fully saturated rings. The molecule has 4 nitrogen and oxygen atoms in total. The Morgan fingerprint density at radius 1 is 1.53 bits per heavy atom. The smallest absolute Gasteiger partial charge is 0.283 e. The molecular weight excluding hydrogens is 284 g/mol. The number of nitro benzene ring substituents is 1. The lowest BCUT2D eigenvalue weighted by molar-refractivity contribution is -0.385. The number of nitrogens with one attached hydrogen (secondary N) is 1. The van der Waals surface area contributed by atoms with Crippen LogP contribution in [0.2, 0.25) is 0 Å². The predicted molar refractivity (Wildman–Crippen MR) is 72.0 cm³/mol. The first-order valence-electron chi connectivity index (χ1n) is 5.68. The number of benzene rings is 1. The summed E-state index contributed by atoms with van der Waals surface area (Å²) in [5, 5.41) is 14.1. The van der Waals surface area contributed by atoms with Crippen LogP contribution in [0.15, 0.2) is 22.7 Å². The lowest BCUT2D eigenvalue weighted by Crippen LogP contribution is -2.20. The molecule has 1 unspecified atom stereocenters. The van der Waals surface area contributed by atoms with Gasteiger partial charge in [-0.15, -0.1) is 0 Å². The van der Waals surface area contributed by atoms with Gasteiger partial charge in [0.25, 0.3) is 5.69 Å². The Hall–Kier alpha value is -0.940. The highest BCUT2D eigenvalue weighted by molar-refractivity contribution is 9.10. The number of hydrogen-bond acceptors (Lipinski definition) is 3. The van der Waals surface area contributed by atoms with Gasteiger partial charge < -0.3 is 5.32 Å². The molecule has 0 saturated carbocycles. The Kier molecular flexibility index (Phi) is 5.58. The van der Waals surface area contributed by atoms with Crippen molar-refractivity contribution in [2.75, 3.05) is 6.54 Å². The Balaban J connectivity index is 2.60. The van der Waals surface area contributed by atoms with E-state index < -0.39 is 0 Å². The molecule has 5 heteroatoms. The Labute approximate surface area is 110 Å². The maximum atomic E-state index is 10.8. The van der Waals surface area contributed by atoms with Crippen LogP contribution in [0.5, 0.6) is 0 Å². The van der Waals surface area contributed by atoms with Gasteiger partial charge in [-0.1, -0.05) is 26.3 Å². The first kappa shape index (κ1) is 14.1. The van der Waals surface area contributed by atoms with Crippen molar-refractivity contribution in [2.45, 2.75) is 26.8 Å². The molecule has 0 heterocycles. The number of rotatable bonds is 6. The Morgan fingerprint density at radius 2 is 2.24 bits per heavy atom. The molecule has 1 aromatic rings. The van der Waals surface area contributed by atoms with E-state index in [0.29, 0.717) is 16.9 Å². The minimum absolute atomic E-state index is 0.118. The van der Waals surface area contributed by atoms with E-state index in [1.165, 1.54) is 0 Å². The molecule has 0 aliphatic carbocycles. The molecule has 0 saturated heterocycles. The Morgan fingerprint density at radius 3 is 2.82 bits per heavy atom. The summed E-state index contributed by atoms with van der Waals surface area (Å²) in [7, 11) is 0. The van der Waals surface area contributed by atoms with Crippen LogP contribution < -0.4 is 5.32 Å². The van der Waals surface area contributed by atoms with E-state index >= 15 is 0 Å². The van der Waals surface area contributed by atoms with Gasteiger partial charge in [-0.2, -0.15) is 0 Å². The third kappa shape index (κ3) is 4.44. The number of nitrogens with zero attached hydrogens (tertiary/aromatic N) is 1. The first-order valence-corrected chi connectivity index (χ1v) is 6.47. The molecule has 94 valence electrons. The molecule has 1 aromatic carbocycles. The zero-order chi connectivity index (χ0) is 12.8. The molecule has 0 aromatic heterocycles. The summed E-state index contributed by atoms with van der Waals surface area (Å²) in [5.41, 5.74) is 1.05. The fourth-order valence-electron chi connectivity index (χ4n) is 1.42. The second-order valence-electron chi connectivity index (χ2n) is 4.19. The molecule has 0 radical (unpaired) electrons. The van der Waals surface area contributed by atoms with E-state index in [1.807, 2.05) is 6.07 Å². The second kappa shape index (κ2) is 6.71. The topological polar surface area (TPSA) is 55.2 Å². The number of halogens is 1. The summed E-state index contributed by atoms with van der Waals surface area (Å²) in [6, 6.07) is 5.22. The van der Waals surface area contributed by atoms with E-state index in [-0.39, 0.29) is 10.6 Å². The van der Waals surface area contributed by atoms with Gasteiger partial charge in [0.1, 0.15) is 0 Å². The van der Waals surface area contributed by atoms with Crippen molar-refractivity contribution in [1.29, 1.82) is 0 Å². The molecule has 0 spiro atoms. The average molecular weight is 301 g/mol. The second-order valence-corrected chi connectivity index (χ2v) is 5.04.